The van der Waals surface area contributed by atoms with Crippen molar-refractivity contribution in [3.8, 4) is 11.1 Å². The van der Waals surface area contributed by atoms with Gasteiger partial charge in [0.2, 0.25) is 0 Å². The summed E-state index contributed by atoms with van der Waals surface area (Å²) in [6.45, 7) is 4.48. The molecule has 0 aliphatic heterocycles. The highest BCUT2D eigenvalue weighted by atomic mass is 16.1. The van der Waals surface area contributed by atoms with E-state index < -0.39 is 5.41 Å². The van der Waals surface area contributed by atoms with E-state index in [0.29, 0.717) is 22.3 Å². The standard InChI is InChI=1S/C35H22N2O2/c1-35(2)24-16-22-21(33(38)17-9-3-4-10-18(17)34(22)39)15-23(24)28-30(35)27-19-11-5-7-13-25(19)36-31(27)29-20-12-6-8-14-26(20)37-32(28)29/h3-16,36-37H,1-2H3. The maximum Gasteiger partial charge on any atom is 0.194 e. The molecule has 0 atom stereocenters. The molecule has 2 aliphatic carbocycles. The molecule has 0 amide bonds. The van der Waals surface area contributed by atoms with Crippen molar-refractivity contribution in [3.05, 3.63) is 118 Å². The van der Waals surface area contributed by atoms with E-state index in [9.17, 15) is 9.59 Å². The molecule has 0 saturated heterocycles. The quantitative estimate of drug-likeness (QED) is 0.220. The minimum absolute atomic E-state index is 0.0808. The smallest absolute Gasteiger partial charge is 0.194 e. The molecule has 9 rings (SSSR count). The molecule has 0 unspecified atom stereocenters. The summed E-state index contributed by atoms with van der Waals surface area (Å²) in [4.78, 5) is 34.8. The Morgan fingerprint density at radius 2 is 1.10 bits per heavy atom. The zero-order valence-corrected chi connectivity index (χ0v) is 21.4. The van der Waals surface area contributed by atoms with Crippen LogP contribution in [-0.4, -0.2) is 21.5 Å². The first-order valence-electron chi connectivity index (χ1n) is 13.3. The molecular weight excluding hydrogens is 480 g/mol. The zero-order chi connectivity index (χ0) is 26.2. The van der Waals surface area contributed by atoms with Crippen molar-refractivity contribution in [1.29, 1.82) is 0 Å². The number of rotatable bonds is 0. The Hall–Kier alpha value is -4.96. The molecule has 184 valence electrons. The number of nitrogens with one attached hydrogen (secondary N) is 2. The number of carbonyl (C=O) groups excluding carboxylic acids is 2. The lowest BCUT2D eigenvalue weighted by molar-refractivity contribution is 0.0979. The number of benzene rings is 5. The predicted octanol–water partition coefficient (Wildman–Crippen LogP) is 8.04. The van der Waals surface area contributed by atoms with E-state index in [0.717, 1.165) is 49.5 Å². The van der Waals surface area contributed by atoms with Crippen LogP contribution in [-0.2, 0) is 5.41 Å². The van der Waals surface area contributed by atoms with E-state index in [2.05, 4.69) is 72.3 Å². The van der Waals surface area contributed by atoms with Crippen molar-refractivity contribution >= 4 is 55.2 Å². The number of aromatic nitrogens is 2. The van der Waals surface area contributed by atoms with Crippen LogP contribution in [0.25, 0.3) is 54.7 Å². The maximum atomic E-state index is 13.7. The van der Waals surface area contributed by atoms with Crippen molar-refractivity contribution in [2.75, 3.05) is 0 Å². The van der Waals surface area contributed by atoms with Crippen LogP contribution in [0.4, 0.5) is 0 Å². The van der Waals surface area contributed by atoms with Gasteiger partial charge in [0.15, 0.2) is 11.6 Å². The van der Waals surface area contributed by atoms with E-state index in [1.165, 1.54) is 16.3 Å². The van der Waals surface area contributed by atoms with Crippen LogP contribution < -0.4 is 0 Å². The van der Waals surface area contributed by atoms with Crippen LogP contribution in [0.3, 0.4) is 0 Å². The molecule has 2 N–H and O–H groups in total. The largest absolute Gasteiger partial charge is 0.354 e. The van der Waals surface area contributed by atoms with Gasteiger partial charge in [0, 0.05) is 65.8 Å². The molecule has 4 heteroatoms. The first-order chi connectivity index (χ1) is 18.9. The summed E-state index contributed by atoms with van der Waals surface area (Å²) in [6, 6.07) is 28.0. The van der Waals surface area contributed by atoms with Gasteiger partial charge in [-0.2, -0.15) is 0 Å². The van der Waals surface area contributed by atoms with Crippen LogP contribution in [0, 0.1) is 0 Å². The molecule has 2 heterocycles. The SMILES string of the molecule is CC1(C)c2cc3c(cc2-c2c1c1c4ccccc4[nH]c1c1c2[nH]c2ccccc21)C(=O)c1ccccc1C3=O. The first kappa shape index (κ1) is 21.0. The number of H-pyrrole nitrogens is 2. The van der Waals surface area contributed by atoms with Crippen LogP contribution in [0.2, 0.25) is 0 Å². The van der Waals surface area contributed by atoms with Crippen molar-refractivity contribution in [3.63, 3.8) is 0 Å². The molecule has 0 fully saturated rings. The summed E-state index contributed by atoms with van der Waals surface area (Å²) >= 11 is 0. The molecule has 0 bridgehead atoms. The van der Waals surface area contributed by atoms with Gasteiger partial charge in [-0.15, -0.1) is 0 Å². The third-order valence-electron chi connectivity index (χ3n) is 9.04. The molecule has 0 spiro atoms. The second-order valence-electron chi connectivity index (χ2n) is 11.4. The Balaban J connectivity index is 1.49. The summed E-state index contributed by atoms with van der Waals surface area (Å²) in [5.41, 5.74) is 10.4. The van der Waals surface area contributed by atoms with Crippen molar-refractivity contribution < 1.29 is 9.59 Å². The average molecular weight is 503 g/mol. The van der Waals surface area contributed by atoms with Gasteiger partial charge in [0.25, 0.3) is 0 Å². The first-order valence-corrected chi connectivity index (χ1v) is 13.3. The second-order valence-corrected chi connectivity index (χ2v) is 11.4. The highest BCUT2D eigenvalue weighted by molar-refractivity contribution is 6.32. The highest BCUT2D eigenvalue weighted by Crippen LogP contribution is 2.57. The van der Waals surface area contributed by atoms with Gasteiger partial charge in [-0.3, -0.25) is 9.59 Å². The van der Waals surface area contributed by atoms with Crippen molar-refractivity contribution in [2.24, 2.45) is 0 Å². The van der Waals surface area contributed by atoms with Crippen LogP contribution in [0.1, 0.15) is 56.8 Å². The van der Waals surface area contributed by atoms with E-state index in [1.54, 1.807) is 12.1 Å². The molecule has 5 aromatic carbocycles. The monoisotopic (exact) mass is 502 g/mol. The Kier molecular flexibility index (Phi) is 3.62. The lowest BCUT2D eigenvalue weighted by Crippen LogP contribution is -2.23. The van der Waals surface area contributed by atoms with Crippen LogP contribution >= 0.6 is 0 Å². The van der Waals surface area contributed by atoms with E-state index in [-0.39, 0.29) is 11.6 Å². The molecule has 39 heavy (non-hydrogen) atoms. The highest BCUT2D eigenvalue weighted by Gasteiger charge is 2.42. The third-order valence-corrected chi connectivity index (χ3v) is 9.04. The zero-order valence-electron chi connectivity index (χ0n) is 21.4. The summed E-state index contributed by atoms with van der Waals surface area (Å²) < 4.78 is 0. The summed E-state index contributed by atoms with van der Waals surface area (Å²) in [5, 5.41) is 4.71. The van der Waals surface area contributed by atoms with Gasteiger partial charge < -0.3 is 9.97 Å². The lowest BCUT2D eigenvalue weighted by Gasteiger charge is -2.25. The number of carbonyl (C=O) groups is 2. The second kappa shape index (κ2) is 6.72. The van der Waals surface area contributed by atoms with Gasteiger partial charge in [0.1, 0.15) is 0 Å². The van der Waals surface area contributed by atoms with E-state index >= 15 is 0 Å². The number of para-hydroxylation sites is 2. The van der Waals surface area contributed by atoms with Gasteiger partial charge >= 0.3 is 0 Å². The topological polar surface area (TPSA) is 65.7 Å². The fraction of sp³-hybridized carbons (Fsp3) is 0.0857. The molecule has 7 aromatic rings. The number of fused-ring (bicyclic) bond motifs is 14. The number of aromatic amines is 2. The Bertz CT molecular complexity index is 2290. The Morgan fingerprint density at radius 1 is 0.564 bits per heavy atom. The number of hydrogen-bond acceptors (Lipinski definition) is 2. The van der Waals surface area contributed by atoms with Crippen molar-refractivity contribution in [2.45, 2.75) is 19.3 Å². The summed E-state index contributed by atoms with van der Waals surface area (Å²) in [7, 11) is 0. The molecule has 0 saturated carbocycles. The Morgan fingerprint density at radius 3 is 1.77 bits per heavy atom. The van der Waals surface area contributed by atoms with Gasteiger partial charge in [-0.25, -0.2) is 0 Å². The lowest BCUT2D eigenvalue weighted by atomic mass is 9.77. The molecule has 4 nitrogen and oxygen atoms in total. The van der Waals surface area contributed by atoms with Crippen LogP contribution in [0.15, 0.2) is 84.9 Å². The van der Waals surface area contributed by atoms with Gasteiger partial charge in [-0.05, 0) is 41.0 Å². The molecular formula is C35H22N2O2. The fourth-order valence-electron chi connectivity index (χ4n) is 7.33. The van der Waals surface area contributed by atoms with Crippen LogP contribution in [0.5, 0.6) is 0 Å². The third kappa shape index (κ3) is 2.36. The summed E-state index contributed by atoms with van der Waals surface area (Å²) in [6.07, 6.45) is 0. The average Bonchev–Trinajstić information content (AvgIpc) is 3.59. The normalized spacial score (nSPS) is 15.2. The number of ketones is 2. The molecule has 0 radical (unpaired) electrons. The minimum atomic E-state index is -0.394. The maximum absolute atomic E-state index is 13.7. The fourth-order valence-corrected chi connectivity index (χ4v) is 7.33. The van der Waals surface area contributed by atoms with Gasteiger partial charge in [0.05, 0.1) is 11.0 Å². The number of hydrogen-bond donors (Lipinski definition) is 2. The van der Waals surface area contributed by atoms with Gasteiger partial charge in [-0.1, -0.05) is 74.5 Å². The summed E-state index contributed by atoms with van der Waals surface area (Å²) in [5.74, 6) is -0.168. The van der Waals surface area contributed by atoms with Crippen molar-refractivity contribution in [1.82, 2.24) is 9.97 Å². The van der Waals surface area contributed by atoms with E-state index in [1.807, 2.05) is 24.3 Å². The van der Waals surface area contributed by atoms with E-state index in [4.69, 9.17) is 0 Å². The predicted molar refractivity (Wildman–Crippen MR) is 156 cm³/mol. The Labute approximate surface area is 223 Å². The molecule has 2 aliphatic rings. The molecule has 2 aromatic heterocycles. The minimum Gasteiger partial charge on any atom is -0.354 e.